The van der Waals surface area contributed by atoms with Gasteiger partial charge in [0.1, 0.15) is 0 Å². The van der Waals surface area contributed by atoms with Gasteiger partial charge < -0.3 is 5.32 Å². The molecular weight excluding hydrogens is 291 g/mol. The van der Waals surface area contributed by atoms with Crippen molar-refractivity contribution < 1.29 is 0 Å². The van der Waals surface area contributed by atoms with Crippen molar-refractivity contribution in [2.45, 2.75) is 0 Å². The molecule has 0 aliphatic carbocycles. The van der Waals surface area contributed by atoms with Crippen molar-refractivity contribution in [1.82, 2.24) is 0 Å². The smallest absolute Gasteiger partial charge is 0.0992 e. The van der Waals surface area contributed by atoms with Crippen LogP contribution in [0.3, 0.4) is 0 Å². The van der Waals surface area contributed by atoms with Gasteiger partial charge in [-0.25, -0.2) is 0 Å². The van der Waals surface area contributed by atoms with Crippen molar-refractivity contribution in [2.75, 3.05) is 5.32 Å². The zero-order valence-electron chi connectivity index (χ0n) is 9.05. The number of nitriles is 1. The van der Waals surface area contributed by atoms with Crippen LogP contribution in [0.2, 0.25) is 15.1 Å². The van der Waals surface area contributed by atoms with Crippen LogP contribution in [0.1, 0.15) is 5.56 Å². The third-order valence-electron chi connectivity index (χ3n) is 2.32. The Bertz CT molecular complexity index is 612. The van der Waals surface area contributed by atoms with Crippen LogP contribution in [0.4, 0.5) is 11.4 Å². The zero-order chi connectivity index (χ0) is 13.1. The van der Waals surface area contributed by atoms with Crippen molar-refractivity contribution in [3.63, 3.8) is 0 Å². The second-order valence-electron chi connectivity index (χ2n) is 3.53. The lowest BCUT2D eigenvalue weighted by molar-refractivity contribution is 1.47. The van der Waals surface area contributed by atoms with E-state index in [0.717, 1.165) is 0 Å². The number of rotatable bonds is 2. The number of nitrogens with zero attached hydrogens (tertiary/aromatic N) is 1. The maximum absolute atomic E-state index is 8.76. The van der Waals surface area contributed by atoms with Crippen LogP contribution >= 0.6 is 34.8 Å². The van der Waals surface area contributed by atoms with Gasteiger partial charge in [-0.05, 0) is 30.3 Å². The van der Waals surface area contributed by atoms with Crippen LogP contribution in [0.15, 0.2) is 36.4 Å². The average molecular weight is 298 g/mol. The lowest BCUT2D eigenvalue weighted by atomic mass is 10.2. The Morgan fingerprint density at radius 3 is 2.17 bits per heavy atom. The van der Waals surface area contributed by atoms with Gasteiger partial charge in [0.05, 0.1) is 38.1 Å². The van der Waals surface area contributed by atoms with Gasteiger partial charge in [-0.3, -0.25) is 0 Å². The Morgan fingerprint density at radius 1 is 0.944 bits per heavy atom. The predicted octanol–water partition coefficient (Wildman–Crippen LogP) is 5.26. The molecular formula is C13H7Cl3N2. The summed E-state index contributed by atoms with van der Waals surface area (Å²) in [6.45, 7) is 0. The Morgan fingerprint density at radius 2 is 1.61 bits per heavy atom. The summed E-state index contributed by atoms with van der Waals surface area (Å²) in [5.41, 5.74) is 1.73. The first kappa shape index (κ1) is 13.0. The van der Waals surface area contributed by atoms with Crippen molar-refractivity contribution in [3.05, 3.63) is 57.0 Å². The number of hydrogen-bond donors (Lipinski definition) is 1. The molecule has 0 radical (unpaired) electrons. The minimum atomic E-state index is 0.435. The minimum Gasteiger partial charge on any atom is -0.352 e. The molecule has 0 saturated heterocycles. The van der Waals surface area contributed by atoms with Crippen LogP contribution in [-0.2, 0) is 0 Å². The van der Waals surface area contributed by atoms with Crippen LogP contribution < -0.4 is 5.32 Å². The Balaban J connectivity index is 2.38. The molecule has 0 fully saturated rings. The Labute approximate surface area is 120 Å². The molecule has 2 nitrogen and oxygen atoms in total. The van der Waals surface area contributed by atoms with Crippen LogP contribution in [-0.4, -0.2) is 0 Å². The summed E-state index contributed by atoms with van der Waals surface area (Å²) in [4.78, 5) is 0. The van der Waals surface area contributed by atoms with E-state index in [4.69, 9.17) is 40.1 Å². The molecule has 0 aromatic heterocycles. The van der Waals surface area contributed by atoms with Gasteiger partial charge in [-0.2, -0.15) is 5.26 Å². The molecule has 18 heavy (non-hydrogen) atoms. The third kappa shape index (κ3) is 2.70. The molecule has 0 bridgehead atoms. The largest absolute Gasteiger partial charge is 0.352 e. The molecule has 0 unspecified atom stereocenters. The van der Waals surface area contributed by atoms with Gasteiger partial charge in [-0.1, -0.05) is 40.9 Å². The van der Waals surface area contributed by atoms with Crippen molar-refractivity contribution in [1.29, 1.82) is 5.26 Å². The highest BCUT2D eigenvalue weighted by molar-refractivity contribution is 6.39. The second-order valence-corrected chi connectivity index (χ2v) is 4.75. The van der Waals surface area contributed by atoms with Crippen molar-refractivity contribution >= 4 is 46.2 Å². The van der Waals surface area contributed by atoms with Crippen LogP contribution in [0.25, 0.3) is 0 Å². The molecule has 0 heterocycles. The van der Waals surface area contributed by atoms with Gasteiger partial charge in [-0.15, -0.1) is 0 Å². The fraction of sp³-hybridized carbons (Fsp3) is 0. The molecule has 0 spiro atoms. The summed E-state index contributed by atoms with van der Waals surface area (Å²) >= 11 is 18.2. The molecule has 0 amide bonds. The number of benzene rings is 2. The van der Waals surface area contributed by atoms with Crippen LogP contribution in [0, 0.1) is 11.3 Å². The number of halogens is 3. The van der Waals surface area contributed by atoms with E-state index < -0.39 is 0 Å². The lowest BCUT2D eigenvalue weighted by Gasteiger charge is -2.11. The highest BCUT2D eigenvalue weighted by Crippen LogP contribution is 2.34. The number of hydrogen-bond acceptors (Lipinski definition) is 2. The number of para-hydroxylation sites is 1. The number of anilines is 2. The molecule has 0 saturated carbocycles. The topological polar surface area (TPSA) is 35.8 Å². The SMILES string of the molecule is N#Cc1ccc(Nc2c(Cl)cccc2Cl)c(Cl)c1. The molecule has 0 atom stereocenters. The average Bonchev–Trinajstić information content (AvgIpc) is 2.35. The molecule has 0 aliphatic rings. The van der Waals surface area contributed by atoms with Gasteiger partial charge in [0, 0.05) is 0 Å². The van der Waals surface area contributed by atoms with Crippen LogP contribution in [0.5, 0.6) is 0 Å². The standard InChI is InChI=1S/C13H7Cl3N2/c14-9-2-1-3-10(15)13(9)18-12-5-4-8(7-17)6-11(12)16/h1-6,18H. The number of nitrogens with one attached hydrogen (secondary N) is 1. The molecule has 90 valence electrons. The minimum absolute atomic E-state index is 0.435. The van der Waals surface area contributed by atoms with E-state index in [1.807, 2.05) is 6.07 Å². The summed E-state index contributed by atoms with van der Waals surface area (Å²) in [5.74, 6) is 0. The molecule has 2 rings (SSSR count). The molecule has 0 aliphatic heterocycles. The van der Waals surface area contributed by atoms with Gasteiger partial charge in [0.25, 0.3) is 0 Å². The maximum Gasteiger partial charge on any atom is 0.0992 e. The summed E-state index contributed by atoms with van der Waals surface area (Å²) in [6, 6.07) is 12.2. The summed E-state index contributed by atoms with van der Waals surface area (Å²) in [6.07, 6.45) is 0. The summed E-state index contributed by atoms with van der Waals surface area (Å²) < 4.78 is 0. The quantitative estimate of drug-likeness (QED) is 0.820. The second kappa shape index (κ2) is 5.49. The van der Waals surface area contributed by atoms with Gasteiger partial charge >= 0.3 is 0 Å². The van der Waals surface area contributed by atoms with E-state index in [-0.39, 0.29) is 0 Å². The molecule has 2 aromatic rings. The zero-order valence-corrected chi connectivity index (χ0v) is 11.3. The van der Waals surface area contributed by atoms with Gasteiger partial charge in [0.2, 0.25) is 0 Å². The lowest BCUT2D eigenvalue weighted by Crippen LogP contribution is -1.93. The highest BCUT2D eigenvalue weighted by atomic mass is 35.5. The molecule has 5 heteroatoms. The Kier molecular flexibility index (Phi) is 3.98. The van der Waals surface area contributed by atoms with E-state index in [9.17, 15) is 0 Å². The fourth-order valence-corrected chi connectivity index (χ4v) is 2.16. The van der Waals surface area contributed by atoms with E-state index in [2.05, 4.69) is 5.32 Å². The maximum atomic E-state index is 8.76. The van der Waals surface area contributed by atoms with E-state index in [0.29, 0.717) is 32.0 Å². The molecule has 2 aromatic carbocycles. The fourth-order valence-electron chi connectivity index (χ4n) is 1.44. The van der Waals surface area contributed by atoms with E-state index in [1.165, 1.54) is 0 Å². The normalized spacial score (nSPS) is 9.89. The monoisotopic (exact) mass is 296 g/mol. The predicted molar refractivity (Wildman–Crippen MR) is 75.9 cm³/mol. The molecule has 1 N–H and O–H groups in total. The van der Waals surface area contributed by atoms with Gasteiger partial charge in [0.15, 0.2) is 0 Å². The first-order chi connectivity index (χ1) is 8.61. The summed E-state index contributed by atoms with van der Waals surface area (Å²) in [5, 5.41) is 13.3. The first-order valence-electron chi connectivity index (χ1n) is 5.02. The van der Waals surface area contributed by atoms with Crippen molar-refractivity contribution in [2.24, 2.45) is 0 Å². The third-order valence-corrected chi connectivity index (χ3v) is 3.26. The van der Waals surface area contributed by atoms with E-state index >= 15 is 0 Å². The Hall–Kier alpha value is -1.40. The highest BCUT2D eigenvalue weighted by Gasteiger charge is 2.08. The first-order valence-corrected chi connectivity index (χ1v) is 6.16. The van der Waals surface area contributed by atoms with Crippen molar-refractivity contribution in [3.8, 4) is 6.07 Å². The summed E-state index contributed by atoms with van der Waals surface area (Å²) in [7, 11) is 0. The van der Waals surface area contributed by atoms with E-state index in [1.54, 1.807) is 36.4 Å².